The minimum atomic E-state index is -0.652. The molecule has 76 valence electrons. The molecule has 0 bridgehead atoms. The molecule has 1 atom stereocenters. The zero-order valence-electron chi connectivity index (χ0n) is 7.52. The summed E-state index contributed by atoms with van der Waals surface area (Å²) in [5.41, 5.74) is 1.60. The minimum Gasteiger partial charge on any atom is -0.302 e. The van der Waals surface area contributed by atoms with Crippen molar-refractivity contribution in [2.24, 2.45) is 0 Å². The maximum atomic E-state index is 12.9. The van der Waals surface area contributed by atoms with E-state index in [1.165, 1.54) is 0 Å². The fourth-order valence-corrected chi connectivity index (χ4v) is 1.70. The maximum absolute atomic E-state index is 12.9. The highest BCUT2D eigenvalue weighted by Gasteiger charge is 2.11. The quantitative estimate of drug-likeness (QED) is 0.621. The van der Waals surface area contributed by atoms with Gasteiger partial charge in [-0.1, -0.05) is 28.1 Å². The lowest BCUT2D eigenvalue weighted by Crippen LogP contribution is -1.97. The smallest absolute Gasteiger partial charge is 0.231 e. The SMILES string of the molecule is O=CC(Br)c1cccc2ncc(F)nc12. The number of carbonyl (C=O) groups excluding carboxylic acids is 1. The molecule has 0 aliphatic heterocycles. The van der Waals surface area contributed by atoms with Gasteiger partial charge in [0.15, 0.2) is 0 Å². The highest BCUT2D eigenvalue weighted by molar-refractivity contribution is 9.09. The molecule has 3 nitrogen and oxygen atoms in total. The third-order valence-corrected chi connectivity index (χ3v) is 2.70. The molecule has 2 rings (SSSR count). The van der Waals surface area contributed by atoms with Gasteiger partial charge in [0.2, 0.25) is 5.95 Å². The first-order valence-corrected chi connectivity index (χ1v) is 5.14. The van der Waals surface area contributed by atoms with Gasteiger partial charge in [0, 0.05) is 5.56 Å². The van der Waals surface area contributed by atoms with Crippen molar-refractivity contribution in [1.82, 2.24) is 9.97 Å². The molecule has 5 heteroatoms. The topological polar surface area (TPSA) is 42.9 Å². The van der Waals surface area contributed by atoms with Crippen molar-refractivity contribution in [3.63, 3.8) is 0 Å². The Morgan fingerprint density at radius 3 is 3.00 bits per heavy atom. The monoisotopic (exact) mass is 268 g/mol. The molecule has 0 radical (unpaired) electrons. The second-order valence-electron chi connectivity index (χ2n) is 2.95. The molecule has 0 spiro atoms. The highest BCUT2D eigenvalue weighted by atomic mass is 79.9. The third kappa shape index (κ3) is 1.87. The van der Waals surface area contributed by atoms with Gasteiger partial charge in [-0.25, -0.2) is 9.97 Å². The molecule has 0 amide bonds. The second kappa shape index (κ2) is 4.02. The van der Waals surface area contributed by atoms with E-state index in [1.807, 2.05) is 0 Å². The average molecular weight is 269 g/mol. The van der Waals surface area contributed by atoms with Gasteiger partial charge in [-0.3, -0.25) is 0 Å². The molecule has 2 aromatic rings. The van der Waals surface area contributed by atoms with Crippen LogP contribution >= 0.6 is 15.9 Å². The maximum Gasteiger partial charge on any atom is 0.231 e. The Hall–Kier alpha value is -1.36. The molecule has 15 heavy (non-hydrogen) atoms. The number of para-hydroxylation sites is 1. The van der Waals surface area contributed by atoms with E-state index in [-0.39, 0.29) is 0 Å². The van der Waals surface area contributed by atoms with Gasteiger partial charge in [-0.05, 0) is 6.07 Å². The number of carbonyl (C=O) groups is 1. The van der Waals surface area contributed by atoms with Gasteiger partial charge in [0.25, 0.3) is 0 Å². The van der Waals surface area contributed by atoms with E-state index in [1.54, 1.807) is 18.2 Å². The first-order valence-electron chi connectivity index (χ1n) is 4.23. The molecule has 0 aliphatic rings. The highest BCUT2D eigenvalue weighted by Crippen LogP contribution is 2.26. The van der Waals surface area contributed by atoms with Crippen LogP contribution in [-0.2, 0) is 4.79 Å². The molecule has 1 aromatic carbocycles. The lowest BCUT2D eigenvalue weighted by atomic mass is 10.1. The van der Waals surface area contributed by atoms with E-state index in [0.29, 0.717) is 16.6 Å². The fourth-order valence-electron chi connectivity index (χ4n) is 1.33. The number of alkyl halides is 1. The number of aromatic nitrogens is 2. The average Bonchev–Trinajstić information content (AvgIpc) is 2.27. The summed E-state index contributed by atoms with van der Waals surface area (Å²) in [5, 5.41) is 0. The molecular formula is C10H6BrFN2O. The van der Waals surface area contributed by atoms with Crippen LogP contribution in [-0.4, -0.2) is 16.3 Å². The van der Waals surface area contributed by atoms with Crippen LogP contribution in [0.3, 0.4) is 0 Å². The first kappa shape index (κ1) is 10.2. The van der Waals surface area contributed by atoms with Crippen LogP contribution in [0, 0.1) is 5.95 Å². The van der Waals surface area contributed by atoms with E-state index in [2.05, 4.69) is 25.9 Å². The van der Waals surface area contributed by atoms with Crippen LogP contribution in [0.25, 0.3) is 11.0 Å². The van der Waals surface area contributed by atoms with Crippen LogP contribution in [0.4, 0.5) is 4.39 Å². The molecule has 1 aromatic heterocycles. The Bertz CT molecular complexity index is 518. The summed E-state index contributed by atoms with van der Waals surface area (Å²) in [6.07, 6.45) is 1.78. The first-order chi connectivity index (χ1) is 7.22. The second-order valence-corrected chi connectivity index (χ2v) is 3.93. The van der Waals surface area contributed by atoms with Crippen LogP contribution in [0.5, 0.6) is 0 Å². The Morgan fingerprint density at radius 2 is 2.27 bits per heavy atom. The number of benzene rings is 1. The van der Waals surface area contributed by atoms with E-state index in [0.717, 1.165) is 12.5 Å². The van der Waals surface area contributed by atoms with E-state index in [4.69, 9.17) is 0 Å². The molecule has 0 saturated heterocycles. The zero-order valence-corrected chi connectivity index (χ0v) is 9.11. The van der Waals surface area contributed by atoms with Crippen molar-refractivity contribution in [3.8, 4) is 0 Å². The molecule has 1 heterocycles. The number of hydrogen-bond donors (Lipinski definition) is 0. The lowest BCUT2D eigenvalue weighted by Gasteiger charge is -2.05. The normalized spacial score (nSPS) is 12.7. The van der Waals surface area contributed by atoms with Crippen LogP contribution in [0.2, 0.25) is 0 Å². The third-order valence-electron chi connectivity index (χ3n) is 1.99. The molecule has 0 N–H and O–H groups in total. The van der Waals surface area contributed by atoms with Crippen molar-refractivity contribution in [1.29, 1.82) is 0 Å². The Morgan fingerprint density at radius 1 is 1.47 bits per heavy atom. The summed E-state index contributed by atoms with van der Waals surface area (Å²) in [6.45, 7) is 0. The van der Waals surface area contributed by atoms with E-state index in [9.17, 15) is 9.18 Å². The minimum absolute atomic E-state index is 0.409. The zero-order chi connectivity index (χ0) is 10.8. The fraction of sp³-hybridized carbons (Fsp3) is 0.100. The molecule has 0 aliphatic carbocycles. The van der Waals surface area contributed by atoms with Gasteiger partial charge in [-0.2, -0.15) is 4.39 Å². The summed E-state index contributed by atoms with van der Waals surface area (Å²) in [5.74, 6) is -0.652. The molecule has 0 fully saturated rings. The number of nitrogens with zero attached hydrogens (tertiary/aromatic N) is 2. The number of hydrogen-bond acceptors (Lipinski definition) is 3. The van der Waals surface area contributed by atoms with Gasteiger partial charge < -0.3 is 4.79 Å². The summed E-state index contributed by atoms with van der Waals surface area (Å²) >= 11 is 3.17. The van der Waals surface area contributed by atoms with Crippen molar-refractivity contribution < 1.29 is 9.18 Å². The van der Waals surface area contributed by atoms with Crippen molar-refractivity contribution in [2.75, 3.05) is 0 Å². The number of rotatable bonds is 2. The van der Waals surface area contributed by atoms with E-state index >= 15 is 0 Å². The Labute approximate surface area is 93.5 Å². The number of aldehydes is 1. The van der Waals surface area contributed by atoms with Crippen molar-refractivity contribution in [3.05, 3.63) is 35.9 Å². The van der Waals surface area contributed by atoms with Gasteiger partial charge >= 0.3 is 0 Å². The van der Waals surface area contributed by atoms with Gasteiger partial charge in [0.05, 0.1) is 22.1 Å². The van der Waals surface area contributed by atoms with Gasteiger partial charge in [0.1, 0.15) is 6.29 Å². The molecular weight excluding hydrogens is 263 g/mol. The van der Waals surface area contributed by atoms with Crippen molar-refractivity contribution in [2.45, 2.75) is 4.83 Å². The number of halogens is 2. The summed E-state index contributed by atoms with van der Waals surface area (Å²) in [7, 11) is 0. The van der Waals surface area contributed by atoms with Crippen LogP contribution < -0.4 is 0 Å². The van der Waals surface area contributed by atoms with Crippen LogP contribution in [0.1, 0.15) is 10.4 Å². The summed E-state index contributed by atoms with van der Waals surface area (Å²) in [6, 6.07) is 5.18. The molecule has 0 saturated carbocycles. The number of fused-ring (bicyclic) bond motifs is 1. The lowest BCUT2D eigenvalue weighted by molar-refractivity contribution is -0.107. The predicted octanol–water partition coefficient (Wildman–Crippen LogP) is 2.40. The largest absolute Gasteiger partial charge is 0.302 e. The van der Waals surface area contributed by atoms with Crippen molar-refractivity contribution >= 4 is 33.2 Å². The standard InChI is InChI=1S/C10H6BrFN2O/c11-7(5-15)6-2-1-3-8-10(6)14-9(12)4-13-8/h1-5,7H. The summed E-state index contributed by atoms with van der Waals surface area (Å²) < 4.78 is 12.9. The van der Waals surface area contributed by atoms with Gasteiger partial charge in [-0.15, -0.1) is 0 Å². The Balaban J connectivity index is 2.73. The predicted molar refractivity (Wildman–Crippen MR) is 57.2 cm³/mol. The summed E-state index contributed by atoms with van der Waals surface area (Å²) in [4.78, 5) is 17.8. The van der Waals surface area contributed by atoms with Crippen LogP contribution in [0.15, 0.2) is 24.4 Å². The Kier molecular flexibility index (Phi) is 2.73. The molecule has 1 unspecified atom stereocenters. The van der Waals surface area contributed by atoms with E-state index < -0.39 is 10.8 Å².